The summed E-state index contributed by atoms with van der Waals surface area (Å²) in [6.45, 7) is 2.58. The molecule has 19 heavy (non-hydrogen) atoms. The number of pyridine rings is 1. The van der Waals surface area contributed by atoms with Crippen molar-refractivity contribution in [2.75, 3.05) is 11.9 Å². The minimum absolute atomic E-state index is 0.0420. The van der Waals surface area contributed by atoms with Gasteiger partial charge in [0.2, 0.25) is 0 Å². The van der Waals surface area contributed by atoms with Crippen molar-refractivity contribution in [1.29, 1.82) is 0 Å². The second-order valence-electron chi connectivity index (χ2n) is 4.11. The number of benzene rings is 1. The molecule has 0 spiro atoms. The van der Waals surface area contributed by atoms with Crippen LogP contribution in [0.1, 0.15) is 25.5 Å². The Kier molecular flexibility index (Phi) is 4.29. The van der Waals surface area contributed by atoms with Crippen LogP contribution >= 0.6 is 15.9 Å². The van der Waals surface area contributed by atoms with Crippen molar-refractivity contribution in [3.05, 3.63) is 34.2 Å². The lowest BCUT2D eigenvalue weighted by atomic mass is 10.1. The van der Waals surface area contributed by atoms with Crippen molar-refractivity contribution >= 4 is 32.5 Å². The Morgan fingerprint density at radius 2 is 2.05 bits per heavy atom. The van der Waals surface area contributed by atoms with Gasteiger partial charge in [0.25, 0.3) is 6.43 Å². The molecule has 2 nitrogen and oxygen atoms in total. The number of fused-ring (bicyclic) bond motifs is 1. The number of halogens is 4. The Morgan fingerprint density at radius 1 is 1.32 bits per heavy atom. The van der Waals surface area contributed by atoms with E-state index in [1.165, 1.54) is 12.1 Å². The van der Waals surface area contributed by atoms with Crippen LogP contribution in [0.15, 0.2) is 22.7 Å². The summed E-state index contributed by atoms with van der Waals surface area (Å²) >= 11 is 3.19. The Morgan fingerprint density at radius 3 is 2.68 bits per heavy atom. The van der Waals surface area contributed by atoms with Gasteiger partial charge in [-0.05, 0) is 24.6 Å². The smallest absolute Gasteiger partial charge is 0.280 e. The highest BCUT2D eigenvalue weighted by atomic mass is 79.9. The van der Waals surface area contributed by atoms with E-state index in [4.69, 9.17) is 0 Å². The Hall–Kier alpha value is -1.30. The highest BCUT2D eigenvalue weighted by Crippen LogP contribution is 2.31. The molecule has 0 bridgehead atoms. The molecule has 1 N–H and O–H groups in total. The second-order valence-corrected chi connectivity index (χ2v) is 5.02. The number of hydrogen-bond acceptors (Lipinski definition) is 2. The van der Waals surface area contributed by atoms with Crippen LogP contribution in [0.4, 0.5) is 18.9 Å². The first-order valence-electron chi connectivity index (χ1n) is 5.84. The van der Waals surface area contributed by atoms with E-state index in [1.54, 1.807) is 6.07 Å². The van der Waals surface area contributed by atoms with E-state index in [9.17, 15) is 13.2 Å². The number of anilines is 1. The van der Waals surface area contributed by atoms with Crippen LogP contribution in [0.5, 0.6) is 0 Å². The van der Waals surface area contributed by atoms with Crippen LogP contribution in [0.3, 0.4) is 0 Å². The lowest BCUT2D eigenvalue weighted by molar-refractivity contribution is 0.146. The average molecular weight is 333 g/mol. The zero-order chi connectivity index (χ0) is 14.0. The fraction of sp³-hybridized carbons (Fsp3) is 0.308. The quantitative estimate of drug-likeness (QED) is 0.861. The molecule has 1 aromatic carbocycles. The predicted octanol–water partition coefficient (Wildman–Crippen LogP) is 4.90. The van der Waals surface area contributed by atoms with E-state index in [1.807, 2.05) is 6.92 Å². The summed E-state index contributed by atoms with van der Waals surface area (Å²) < 4.78 is 39.9. The third-order valence-electron chi connectivity index (χ3n) is 2.64. The molecule has 0 radical (unpaired) electrons. The van der Waals surface area contributed by atoms with Crippen LogP contribution < -0.4 is 5.32 Å². The van der Waals surface area contributed by atoms with Crippen LogP contribution in [0, 0.1) is 5.82 Å². The molecule has 1 heterocycles. The first-order chi connectivity index (χ1) is 9.02. The van der Waals surface area contributed by atoms with Crippen LogP contribution in [-0.2, 0) is 0 Å². The second kappa shape index (κ2) is 5.77. The van der Waals surface area contributed by atoms with Crippen LogP contribution in [-0.4, -0.2) is 11.5 Å². The molecule has 102 valence electrons. The molecule has 0 atom stereocenters. The number of hydrogen-bond donors (Lipinski definition) is 1. The first kappa shape index (κ1) is 14.1. The van der Waals surface area contributed by atoms with Crippen LogP contribution in [0.25, 0.3) is 10.9 Å². The molecule has 0 aliphatic carbocycles. The minimum atomic E-state index is -2.73. The van der Waals surface area contributed by atoms with Crippen molar-refractivity contribution in [3.8, 4) is 0 Å². The van der Waals surface area contributed by atoms with E-state index in [-0.39, 0.29) is 5.52 Å². The molecule has 0 aliphatic rings. The summed E-state index contributed by atoms with van der Waals surface area (Å²) in [5, 5.41) is 3.52. The number of nitrogens with zero attached hydrogens (tertiary/aromatic N) is 1. The molecule has 0 unspecified atom stereocenters. The normalized spacial score (nSPS) is 11.3. The molecule has 0 fully saturated rings. The minimum Gasteiger partial charge on any atom is -0.384 e. The summed E-state index contributed by atoms with van der Waals surface area (Å²) in [4.78, 5) is 3.70. The largest absolute Gasteiger partial charge is 0.384 e. The predicted molar refractivity (Wildman–Crippen MR) is 73.1 cm³/mol. The van der Waals surface area contributed by atoms with Crippen molar-refractivity contribution in [1.82, 2.24) is 4.98 Å². The lowest BCUT2D eigenvalue weighted by Gasteiger charge is -2.12. The number of nitrogens with one attached hydrogen (secondary N) is 1. The zero-order valence-electron chi connectivity index (χ0n) is 10.2. The summed E-state index contributed by atoms with van der Waals surface area (Å²) in [5.41, 5.74) is 0.00859. The summed E-state index contributed by atoms with van der Waals surface area (Å²) in [6, 6.07) is 4.15. The van der Waals surface area contributed by atoms with Gasteiger partial charge < -0.3 is 5.32 Å². The summed E-state index contributed by atoms with van der Waals surface area (Å²) in [7, 11) is 0. The molecular formula is C13H12BrF3N2. The van der Waals surface area contributed by atoms with E-state index in [2.05, 4.69) is 26.2 Å². The van der Waals surface area contributed by atoms with Crippen molar-refractivity contribution in [2.24, 2.45) is 0 Å². The molecule has 0 amide bonds. The average Bonchev–Trinajstić information content (AvgIpc) is 2.35. The zero-order valence-corrected chi connectivity index (χ0v) is 11.8. The van der Waals surface area contributed by atoms with Gasteiger partial charge in [-0.25, -0.2) is 18.2 Å². The number of alkyl halides is 2. The van der Waals surface area contributed by atoms with Gasteiger partial charge in [-0.3, -0.25) is 0 Å². The molecule has 2 rings (SSSR count). The van der Waals surface area contributed by atoms with Gasteiger partial charge in [0.15, 0.2) is 5.82 Å². The third-order valence-corrected chi connectivity index (χ3v) is 3.10. The van der Waals surface area contributed by atoms with Gasteiger partial charge in [0.1, 0.15) is 11.2 Å². The first-order valence-corrected chi connectivity index (χ1v) is 6.64. The van der Waals surface area contributed by atoms with Crippen LogP contribution in [0.2, 0.25) is 0 Å². The van der Waals surface area contributed by atoms with Crippen molar-refractivity contribution < 1.29 is 13.2 Å². The van der Waals surface area contributed by atoms with Gasteiger partial charge >= 0.3 is 0 Å². The summed E-state index contributed by atoms with van der Waals surface area (Å²) in [5.74, 6) is -0.619. The highest BCUT2D eigenvalue weighted by molar-refractivity contribution is 9.10. The fourth-order valence-electron chi connectivity index (χ4n) is 1.79. The van der Waals surface area contributed by atoms with E-state index >= 15 is 0 Å². The molecule has 0 saturated carbocycles. The van der Waals surface area contributed by atoms with Gasteiger partial charge in [0, 0.05) is 22.1 Å². The van der Waals surface area contributed by atoms with Gasteiger partial charge in [-0.1, -0.05) is 22.9 Å². The topological polar surface area (TPSA) is 24.9 Å². The molecule has 1 aromatic heterocycles. The lowest BCUT2D eigenvalue weighted by Crippen LogP contribution is -2.03. The molecule has 6 heteroatoms. The van der Waals surface area contributed by atoms with E-state index in [0.29, 0.717) is 22.1 Å². The standard InChI is InChI=1S/C13H12BrF3N2/c1-2-3-18-10-6-11(13(16)17)19-12-8(10)4-7(14)5-9(12)15/h4-6,13H,2-3H2,1H3,(H,18,19). The van der Waals surface area contributed by atoms with E-state index < -0.39 is 17.9 Å². The summed E-state index contributed by atoms with van der Waals surface area (Å²) in [6.07, 6.45) is -1.89. The molecule has 0 saturated heterocycles. The molecule has 0 aliphatic heterocycles. The Bertz CT molecular complexity index is 602. The Balaban J connectivity index is 2.67. The maximum atomic E-state index is 13.8. The molecule has 2 aromatic rings. The van der Waals surface area contributed by atoms with Gasteiger partial charge in [0.05, 0.1) is 0 Å². The Labute approximate surface area is 117 Å². The fourth-order valence-corrected chi connectivity index (χ4v) is 2.22. The highest BCUT2D eigenvalue weighted by Gasteiger charge is 2.16. The van der Waals surface area contributed by atoms with Crippen molar-refractivity contribution in [2.45, 2.75) is 19.8 Å². The maximum absolute atomic E-state index is 13.8. The van der Waals surface area contributed by atoms with Gasteiger partial charge in [-0.2, -0.15) is 0 Å². The van der Waals surface area contributed by atoms with E-state index in [0.717, 1.165) is 6.42 Å². The maximum Gasteiger partial charge on any atom is 0.280 e. The van der Waals surface area contributed by atoms with Gasteiger partial charge in [-0.15, -0.1) is 0 Å². The monoisotopic (exact) mass is 332 g/mol. The molecular weight excluding hydrogens is 321 g/mol. The number of rotatable bonds is 4. The number of aromatic nitrogens is 1. The van der Waals surface area contributed by atoms with Crippen molar-refractivity contribution in [3.63, 3.8) is 0 Å². The third kappa shape index (κ3) is 3.00. The SMILES string of the molecule is CCCNc1cc(C(F)F)nc2c(F)cc(Br)cc12.